The van der Waals surface area contributed by atoms with E-state index in [4.69, 9.17) is 11.6 Å². The fourth-order valence-corrected chi connectivity index (χ4v) is 2.66. The second-order valence-electron chi connectivity index (χ2n) is 4.85. The average molecular weight is 286 g/mol. The molecule has 3 aromatic rings. The smallest absolute Gasteiger partial charge is 0.123 e. The molecule has 0 spiro atoms. The number of halogens is 2. The summed E-state index contributed by atoms with van der Waals surface area (Å²) < 4.78 is 13.3. The van der Waals surface area contributed by atoms with Crippen molar-refractivity contribution in [1.29, 1.82) is 0 Å². The first-order valence-electron chi connectivity index (χ1n) is 6.45. The van der Waals surface area contributed by atoms with Gasteiger partial charge in [-0.15, -0.1) is 0 Å². The predicted octanol–water partition coefficient (Wildman–Crippen LogP) is 5.18. The van der Waals surface area contributed by atoms with Gasteiger partial charge >= 0.3 is 0 Å². The lowest BCUT2D eigenvalue weighted by atomic mass is 9.92. The molecular formula is C17H13ClFN. The SMILES string of the molecule is CC(c1cccc(F)c1)c1cc(Cl)c2cccnc2c1. The zero-order valence-electron chi connectivity index (χ0n) is 11.0. The Balaban J connectivity index is 2.10. The highest BCUT2D eigenvalue weighted by Gasteiger charge is 2.12. The van der Waals surface area contributed by atoms with Crippen molar-refractivity contribution in [1.82, 2.24) is 4.98 Å². The Morgan fingerprint density at radius 1 is 1.05 bits per heavy atom. The number of hydrogen-bond donors (Lipinski definition) is 0. The summed E-state index contributed by atoms with van der Waals surface area (Å²) in [4.78, 5) is 4.34. The molecular weight excluding hydrogens is 273 g/mol. The molecule has 0 N–H and O–H groups in total. The third-order valence-electron chi connectivity index (χ3n) is 3.54. The summed E-state index contributed by atoms with van der Waals surface area (Å²) in [5.41, 5.74) is 2.82. The van der Waals surface area contributed by atoms with Gasteiger partial charge in [-0.25, -0.2) is 4.39 Å². The topological polar surface area (TPSA) is 12.9 Å². The fraction of sp³-hybridized carbons (Fsp3) is 0.118. The van der Waals surface area contributed by atoms with Crippen LogP contribution in [0.2, 0.25) is 5.02 Å². The van der Waals surface area contributed by atoms with Gasteiger partial charge in [-0.05, 0) is 47.5 Å². The van der Waals surface area contributed by atoms with Crippen LogP contribution in [0.3, 0.4) is 0 Å². The average Bonchev–Trinajstić information content (AvgIpc) is 2.46. The molecule has 100 valence electrons. The lowest BCUT2D eigenvalue weighted by Gasteiger charge is -2.14. The Bertz CT molecular complexity index is 770. The quantitative estimate of drug-likeness (QED) is 0.632. The van der Waals surface area contributed by atoms with E-state index in [0.29, 0.717) is 5.02 Å². The zero-order chi connectivity index (χ0) is 14.1. The number of benzene rings is 2. The van der Waals surface area contributed by atoms with Gasteiger partial charge in [-0.2, -0.15) is 0 Å². The van der Waals surface area contributed by atoms with Crippen LogP contribution in [0.15, 0.2) is 54.7 Å². The Labute approximate surface area is 122 Å². The largest absolute Gasteiger partial charge is 0.256 e. The van der Waals surface area contributed by atoms with Crippen LogP contribution in [0.4, 0.5) is 4.39 Å². The Morgan fingerprint density at radius 3 is 2.70 bits per heavy atom. The van der Waals surface area contributed by atoms with Crippen LogP contribution >= 0.6 is 11.6 Å². The molecule has 0 fully saturated rings. The standard InChI is InChI=1S/C17H13ClFN/c1-11(12-4-2-5-14(19)8-12)13-9-16(18)15-6-3-7-20-17(15)10-13/h2-11H,1H3. The van der Waals surface area contributed by atoms with E-state index in [0.717, 1.165) is 22.0 Å². The summed E-state index contributed by atoms with van der Waals surface area (Å²) in [5, 5.41) is 1.61. The molecule has 0 bridgehead atoms. The molecule has 0 aliphatic carbocycles. The van der Waals surface area contributed by atoms with Crippen molar-refractivity contribution in [3.05, 3.63) is 76.7 Å². The van der Waals surface area contributed by atoms with Crippen molar-refractivity contribution < 1.29 is 4.39 Å². The second-order valence-corrected chi connectivity index (χ2v) is 5.26. The number of pyridine rings is 1. The zero-order valence-corrected chi connectivity index (χ0v) is 11.7. The summed E-state index contributed by atoms with van der Waals surface area (Å²) in [5.74, 6) is -0.158. The molecule has 0 saturated carbocycles. The van der Waals surface area contributed by atoms with Gasteiger partial charge in [0.15, 0.2) is 0 Å². The normalized spacial score (nSPS) is 12.6. The minimum Gasteiger partial charge on any atom is -0.256 e. The van der Waals surface area contributed by atoms with Crippen LogP contribution in [0, 0.1) is 5.82 Å². The molecule has 2 aromatic carbocycles. The van der Waals surface area contributed by atoms with E-state index < -0.39 is 0 Å². The molecule has 0 aliphatic heterocycles. The van der Waals surface area contributed by atoms with E-state index in [2.05, 4.69) is 4.98 Å². The van der Waals surface area contributed by atoms with Gasteiger partial charge in [0.25, 0.3) is 0 Å². The first kappa shape index (κ1) is 13.1. The number of aromatic nitrogens is 1. The van der Waals surface area contributed by atoms with Gasteiger partial charge in [-0.3, -0.25) is 4.98 Å². The highest BCUT2D eigenvalue weighted by Crippen LogP contribution is 2.31. The summed E-state index contributed by atoms with van der Waals surface area (Å²) >= 11 is 6.31. The van der Waals surface area contributed by atoms with Gasteiger partial charge in [-0.1, -0.05) is 30.7 Å². The number of nitrogens with zero attached hydrogens (tertiary/aromatic N) is 1. The van der Waals surface area contributed by atoms with Crippen LogP contribution in [0.5, 0.6) is 0 Å². The molecule has 1 unspecified atom stereocenters. The van der Waals surface area contributed by atoms with E-state index in [1.165, 1.54) is 6.07 Å². The van der Waals surface area contributed by atoms with E-state index in [1.807, 2.05) is 37.3 Å². The monoisotopic (exact) mass is 285 g/mol. The molecule has 1 aromatic heterocycles. The first-order valence-corrected chi connectivity index (χ1v) is 6.82. The van der Waals surface area contributed by atoms with Crippen LogP contribution in [0.25, 0.3) is 10.9 Å². The van der Waals surface area contributed by atoms with Crippen molar-refractivity contribution in [2.45, 2.75) is 12.8 Å². The molecule has 1 atom stereocenters. The van der Waals surface area contributed by atoms with Crippen LogP contribution < -0.4 is 0 Å². The maximum absolute atomic E-state index is 13.3. The minimum absolute atomic E-state index is 0.0645. The second kappa shape index (κ2) is 5.22. The van der Waals surface area contributed by atoms with Crippen molar-refractivity contribution in [3.8, 4) is 0 Å². The van der Waals surface area contributed by atoms with Crippen LogP contribution in [-0.4, -0.2) is 4.98 Å². The number of fused-ring (bicyclic) bond motifs is 1. The van der Waals surface area contributed by atoms with Crippen molar-refractivity contribution in [2.75, 3.05) is 0 Å². The number of rotatable bonds is 2. The lowest BCUT2D eigenvalue weighted by molar-refractivity contribution is 0.624. The highest BCUT2D eigenvalue weighted by molar-refractivity contribution is 6.35. The maximum atomic E-state index is 13.3. The van der Waals surface area contributed by atoms with E-state index in [9.17, 15) is 4.39 Å². The fourth-order valence-electron chi connectivity index (χ4n) is 2.38. The van der Waals surface area contributed by atoms with E-state index in [1.54, 1.807) is 18.3 Å². The molecule has 3 heteroatoms. The maximum Gasteiger partial charge on any atom is 0.123 e. The minimum atomic E-state index is -0.223. The Hall–Kier alpha value is -1.93. The van der Waals surface area contributed by atoms with Gasteiger partial charge in [0.2, 0.25) is 0 Å². The molecule has 0 amide bonds. The summed E-state index contributed by atoms with van der Waals surface area (Å²) in [6, 6.07) is 14.4. The molecule has 0 saturated heterocycles. The Morgan fingerprint density at radius 2 is 1.90 bits per heavy atom. The third kappa shape index (κ3) is 2.39. The van der Waals surface area contributed by atoms with Crippen molar-refractivity contribution in [3.63, 3.8) is 0 Å². The van der Waals surface area contributed by atoms with Crippen LogP contribution in [0.1, 0.15) is 24.0 Å². The van der Waals surface area contributed by atoms with E-state index >= 15 is 0 Å². The summed E-state index contributed by atoms with van der Waals surface area (Å²) in [7, 11) is 0. The highest BCUT2D eigenvalue weighted by atomic mass is 35.5. The summed E-state index contributed by atoms with van der Waals surface area (Å²) in [6.45, 7) is 2.04. The lowest BCUT2D eigenvalue weighted by Crippen LogP contribution is -1.97. The predicted molar refractivity (Wildman–Crippen MR) is 80.7 cm³/mol. The molecule has 1 heterocycles. The molecule has 0 aliphatic rings. The van der Waals surface area contributed by atoms with Gasteiger partial charge in [0.05, 0.1) is 10.5 Å². The van der Waals surface area contributed by atoms with E-state index in [-0.39, 0.29) is 11.7 Å². The molecule has 0 radical (unpaired) electrons. The van der Waals surface area contributed by atoms with Crippen LogP contribution in [-0.2, 0) is 0 Å². The van der Waals surface area contributed by atoms with Crippen molar-refractivity contribution >= 4 is 22.5 Å². The number of hydrogen-bond acceptors (Lipinski definition) is 1. The molecule has 20 heavy (non-hydrogen) atoms. The van der Waals surface area contributed by atoms with Gasteiger partial charge < -0.3 is 0 Å². The van der Waals surface area contributed by atoms with Crippen molar-refractivity contribution in [2.24, 2.45) is 0 Å². The van der Waals surface area contributed by atoms with Gasteiger partial charge in [0.1, 0.15) is 5.82 Å². The van der Waals surface area contributed by atoms with Gasteiger partial charge in [0, 0.05) is 17.5 Å². The Kier molecular flexibility index (Phi) is 3.41. The molecule has 3 rings (SSSR count). The molecule has 1 nitrogen and oxygen atoms in total. The first-order chi connectivity index (χ1) is 9.65. The third-order valence-corrected chi connectivity index (χ3v) is 3.85. The summed E-state index contributed by atoms with van der Waals surface area (Å²) in [6.07, 6.45) is 1.75.